The van der Waals surface area contributed by atoms with Gasteiger partial charge in [-0.1, -0.05) is 0 Å². The number of hydrogen-bond acceptors (Lipinski definition) is 3. The van der Waals surface area contributed by atoms with Gasteiger partial charge in [0.2, 0.25) is 0 Å². The van der Waals surface area contributed by atoms with Crippen molar-refractivity contribution in [3.05, 3.63) is 27.9 Å². The van der Waals surface area contributed by atoms with Crippen molar-refractivity contribution in [2.24, 2.45) is 5.73 Å². The van der Waals surface area contributed by atoms with Crippen molar-refractivity contribution in [2.45, 2.75) is 19.4 Å². The molecular weight excluding hydrogens is 274 g/mol. The van der Waals surface area contributed by atoms with Crippen LogP contribution in [0.5, 0.6) is 0 Å². The third-order valence-corrected chi connectivity index (χ3v) is 3.64. The van der Waals surface area contributed by atoms with Crippen LogP contribution in [0, 0.1) is 0 Å². The summed E-state index contributed by atoms with van der Waals surface area (Å²) in [5.41, 5.74) is 6.77. The molecule has 0 aromatic carbocycles. The van der Waals surface area contributed by atoms with E-state index in [1.807, 2.05) is 19.2 Å². The minimum atomic E-state index is 0.138. The standard InChI is InChI=1S/C10H12BrN3S/c1-6(12)4-10-13-5-7(14-10)8-2-3-9(11)15-8/h2-3,5-6H,4,12H2,1H3,(H,13,14). The highest BCUT2D eigenvalue weighted by atomic mass is 79.9. The number of aromatic amines is 1. The van der Waals surface area contributed by atoms with E-state index in [-0.39, 0.29) is 6.04 Å². The summed E-state index contributed by atoms with van der Waals surface area (Å²) in [5.74, 6) is 0.949. The highest BCUT2D eigenvalue weighted by Gasteiger charge is 2.06. The molecule has 0 aliphatic carbocycles. The van der Waals surface area contributed by atoms with Crippen LogP contribution in [0.25, 0.3) is 10.6 Å². The molecule has 0 fully saturated rings. The lowest BCUT2D eigenvalue weighted by Gasteiger charge is -1.99. The molecular formula is C10H12BrN3S. The predicted octanol–water partition coefficient (Wildman–Crippen LogP) is 2.79. The van der Waals surface area contributed by atoms with E-state index in [9.17, 15) is 0 Å². The number of thiophene rings is 1. The average Bonchev–Trinajstić information content (AvgIpc) is 2.72. The number of H-pyrrole nitrogens is 1. The van der Waals surface area contributed by atoms with Gasteiger partial charge in [0.1, 0.15) is 5.82 Å². The molecule has 2 heterocycles. The molecule has 0 spiro atoms. The van der Waals surface area contributed by atoms with Crippen molar-refractivity contribution >= 4 is 27.3 Å². The van der Waals surface area contributed by atoms with Crippen LogP contribution in [0.4, 0.5) is 0 Å². The molecule has 2 aromatic rings. The Hall–Kier alpha value is -0.650. The van der Waals surface area contributed by atoms with Gasteiger partial charge in [-0.3, -0.25) is 0 Å². The molecule has 2 rings (SSSR count). The van der Waals surface area contributed by atoms with Gasteiger partial charge in [-0.25, -0.2) is 4.98 Å². The molecule has 0 saturated carbocycles. The third kappa shape index (κ3) is 2.68. The minimum Gasteiger partial charge on any atom is -0.341 e. The van der Waals surface area contributed by atoms with Crippen molar-refractivity contribution in [2.75, 3.05) is 0 Å². The first-order valence-electron chi connectivity index (χ1n) is 4.70. The number of nitrogens with two attached hydrogens (primary N) is 1. The Morgan fingerprint density at radius 3 is 3.00 bits per heavy atom. The number of aromatic nitrogens is 2. The monoisotopic (exact) mass is 285 g/mol. The van der Waals surface area contributed by atoms with Crippen LogP contribution in [-0.4, -0.2) is 16.0 Å². The Labute approximate surface area is 101 Å². The van der Waals surface area contributed by atoms with Crippen molar-refractivity contribution in [1.82, 2.24) is 9.97 Å². The zero-order chi connectivity index (χ0) is 10.8. The Morgan fingerprint density at radius 2 is 2.40 bits per heavy atom. The van der Waals surface area contributed by atoms with E-state index in [4.69, 9.17) is 5.73 Å². The average molecular weight is 286 g/mol. The highest BCUT2D eigenvalue weighted by molar-refractivity contribution is 9.11. The van der Waals surface area contributed by atoms with Crippen LogP contribution in [0.15, 0.2) is 22.1 Å². The molecule has 5 heteroatoms. The maximum Gasteiger partial charge on any atom is 0.108 e. The second kappa shape index (κ2) is 4.47. The summed E-state index contributed by atoms with van der Waals surface area (Å²) in [4.78, 5) is 8.76. The van der Waals surface area contributed by atoms with E-state index in [0.717, 1.165) is 21.7 Å². The van der Waals surface area contributed by atoms with Gasteiger partial charge >= 0.3 is 0 Å². The molecule has 0 saturated heterocycles. The maximum absolute atomic E-state index is 5.71. The summed E-state index contributed by atoms with van der Waals surface area (Å²) in [6.07, 6.45) is 2.64. The molecule has 0 radical (unpaired) electrons. The lowest BCUT2D eigenvalue weighted by Crippen LogP contribution is -2.18. The molecule has 15 heavy (non-hydrogen) atoms. The molecule has 1 unspecified atom stereocenters. The summed E-state index contributed by atoms with van der Waals surface area (Å²) in [7, 11) is 0. The van der Waals surface area contributed by atoms with E-state index in [2.05, 4.69) is 32.0 Å². The van der Waals surface area contributed by atoms with Crippen molar-refractivity contribution in [3.63, 3.8) is 0 Å². The second-order valence-corrected chi connectivity index (χ2v) is 5.99. The lowest BCUT2D eigenvalue weighted by molar-refractivity contribution is 0.710. The van der Waals surface area contributed by atoms with Gasteiger partial charge in [-0.05, 0) is 35.0 Å². The highest BCUT2D eigenvalue weighted by Crippen LogP contribution is 2.29. The van der Waals surface area contributed by atoms with E-state index >= 15 is 0 Å². The fourth-order valence-electron chi connectivity index (χ4n) is 1.36. The van der Waals surface area contributed by atoms with Gasteiger partial charge in [0.15, 0.2) is 0 Å². The number of imidazole rings is 1. The van der Waals surface area contributed by atoms with Crippen LogP contribution in [-0.2, 0) is 6.42 Å². The van der Waals surface area contributed by atoms with E-state index in [1.54, 1.807) is 11.3 Å². The number of hydrogen-bond donors (Lipinski definition) is 2. The topological polar surface area (TPSA) is 54.7 Å². The number of rotatable bonds is 3. The zero-order valence-electron chi connectivity index (χ0n) is 8.33. The molecule has 0 aliphatic heterocycles. The van der Waals surface area contributed by atoms with Crippen LogP contribution >= 0.6 is 27.3 Å². The van der Waals surface area contributed by atoms with Gasteiger partial charge in [0.05, 0.1) is 20.6 Å². The molecule has 0 bridgehead atoms. The van der Waals surface area contributed by atoms with E-state index in [1.165, 1.54) is 4.88 Å². The van der Waals surface area contributed by atoms with Gasteiger partial charge < -0.3 is 10.7 Å². The van der Waals surface area contributed by atoms with Crippen LogP contribution in [0.2, 0.25) is 0 Å². The first-order chi connectivity index (χ1) is 7.15. The van der Waals surface area contributed by atoms with Gasteiger partial charge in [-0.15, -0.1) is 11.3 Å². The molecule has 2 aromatic heterocycles. The summed E-state index contributed by atoms with van der Waals surface area (Å²) < 4.78 is 1.13. The first-order valence-corrected chi connectivity index (χ1v) is 6.31. The Balaban J connectivity index is 2.20. The van der Waals surface area contributed by atoms with Crippen molar-refractivity contribution in [1.29, 1.82) is 0 Å². The van der Waals surface area contributed by atoms with Gasteiger partial charge in [0, 0.05) is 12.5 Å². The maximum atomic E-state index is 5.71. The van der Waals surface area contributed by atoms with E-state index < -0.39 is 0 Å². The lowest BCUT2D eigenvalue weighted by atomic mass is 10.2. The summed E-state index contributed by atoms with van der Waals surface area (Å²) in [5, 5.41) is 0. The minimum absolute atomic E-state index is 0.138. The number of halogens is 1. The Bertz CT molecular complexity index is 447. The second-order valence-electron chi connectivity index (χ2n) is 3.53. The zero-order valence-corrected chi connectivity index (χ0v) is 10.7. The van der Waals surface area contributed by atoms with E-state index in [0.29, 0.717) is 0 Å². The molecule has 3 nitrogen and oxygen atoms in total. The smallest absolute Gasteiger partial charge is 0.108 e. The number of nitrogens with one attached hydrogen (secondary N) is 1. The fourth-order valence-corrected chi connectivity index (χ4v) is 2.71. The SMILES string of the molecule is CC(N)Cc1ncc(-c2ccc(Br)s2)[nH]1. The normalized spacial score (nSPS) is 13.0. The van der Waals surface area contributed by atoms with Crippen LogP contribution in [0.3, 0.4) is 0 Å². The first kappa shape index (κ1) is 10.9. The third-order valence-electron chi connectivity index (χ3n) is 1.98. The van der Waals surface area contributed by atoms with Gasteiger partial charge in [0.25, 0.3) is 0 Å². The summed E-state index contributed by atoms with van der Waals surface area (Å²) >= 11 is 5.13. The predicted molar refractivity (Wildman–Crippen MR) is 67.0 cm³/mol. The molecule has 1 atom stereocenters. The van der Waals surface area contributed by atoms with Crippen molar-refractivity contribution < 1.29 is 0 Å². The molecule has 3 N–H and O–H groups in total. The summed E-state index contributed by atoms with van der Waals surface area (Å²) in [6.45, 7) is 1.98. The van der Waals surface area contributed by atoms with Gasteiger partial charge in [-0.2, -0.15) is 0 Å². The Morgan fingerprint density at radius 1 is 1.60 bits per heavy atom. The number of nitrogens with zero attached hydrogens (tertiary/aromatic N) is 1. The largest absolute Gasteiger partial charge is 0.341 e. The molecule has 0 amide bonds. The van der Waals surface area contributed by atoms with Crippen molar-refractivity contribution in [3.8, 4) is 10.6 Å². The quantitative estimate of drug-likeness (QED) is 0.911. The fraction of sp³-hybridized carbons (Fsp3) is 0.300. The Kier molecular flexibility index (Phi) is 3.23. The molecule has 0 aliphatic rings. The van der Waals surface area contributed by atoms with Crippen LogP contribution < -0.4 is 5.73 Å². The van der Waals surface area contributed by atoms with Crippen LogP contribution in [0.1, 0.15) is 12.7 Å². The summed E-state index contributed by atoms with van der Waals surface area (Å²) in [6, 6.07) is 4.24. The molecule has 80 valence electrons.